The molecule has 0 saturated carbocycles. The summed E-state index contributed by atoms with van der Waals surface area (Å²) in [6.45, 7) is 8.63. The van der Waals surface area contributed by atoms with Gasteiger partial charge in [-0.2, -0.15) is 0 Å². The molecule has 3 rings (SSSR count). The van der Waals surface area contributed by atoms with Crippen LogP contribution in [-0.2, 0) is 4.74 Å². The number of furan rings is 1. The van der Waals surface area contributed by atoms with Crippen LogP contribution in [0.3, 0.4) is 0 Å². The first kappa shape index (κ1) is 16.4. The van der Waals surface area contributed by atoms with Gasteiger partial charge < -0.3 is 19.0 Å². The molecule has 24 heavy (non-hydrogen) atoms. The van der Waals surface area contributed by atoms with Crippen molar-refractivity contribution in [1.29, 1.82) is 0 Å². The SMILES string of the molecule is CC(C)(C)OC(=O)N1CCN(c2ccc(-c3ccco3)cc2)CC1. The van der Waals surface area contributed by atoms with Crippen LogP contribution >= 0.6 is 0 Å². The zero-order valence-corrected chi connectivity index (χ0v) is 14.5. The number of anilines is 1. The average Bonchev–Trinajstić information content (AvgIpc) is 3.08. The smallest absolute Gasteiger partial charge is 0.410 e. The molecule has 0 radical (unpaired) electrons. The fourth-order valence-corrected chi connectivity index (χ4v) is 2.75. The van der Waals surface area contributed by atoms with Crippen LogP contribution in [-0.4, -0.2) is 42.8 Å². The minimum Gasteiger partial charge on any atom is -0.464 e. The van der Waals surface area contributed by atoms with Gasteiger partial charge in [0.15, 0.2) is 0 Å². The molecule has 1 amide bonds. The Labute approximate surface area is 142 Å². The summed E-state index contributed by atoms with van der Waals surface area (Å²) in [7, 11) is 0. The number of hydrogen-bond donors (Lipinski definition) is 0. The largest absolute Gasteiger partial charge is 0.464 e. The highest BCUT2D eigenvalue weighted by molar-refractivity contribution is 5.69. The van der Waals surface area contributed by atoms with Gasteiger partial charge in [-0.1, -0.05) is 0 Å². The molecular weight excluding hydrogens is 304 g/mol. The van der Waals surface area contributed by atoms with Crippen molar-refractivity contribution >= 4 is 11.8 Å². The predicted molar refractivity (Wildman–Crippen MR) is 94.2 cm³/mol. The molecule has 1 aliphatic heterocycles. The van der Waals surface area contributed by atoms with E-state index in [1.807, 2.05) is 32.9 Å². The van der Waals surface area contributed by atoms with E-state index < -0.39 is 5.60 Å². The van der Waals surface area contributed by atoms with E-state index in [2.05, 4.69) is 29.2 Å². The first-order chi connectivity index (χ1) is 11.4. The molecule has 0 N–H and O–H groups in total. The van der Waals surface area contributed by atoms with E-state index in [-0.39, 0.29) is 6.09 Å². The van der Waals surface area contributed by atoms with Crippen molar-refractivity contribution in [2.75, 3.05) is 31.1 Å². The Balaban J connectivity index is 1.58. The molecule has 0 spiro atoms. The number of hydrogen-bond acceptors (Lipinski definition) is 4. The number of benzene rings is 1. The van der Waals surface area contributed by atoms with Crippen LogP contribution in [0.15, 0.2) is 47.1 Å². The van der Waals surface area contributed by atoms with Crippen molar-refractivity contribution in [3.8, 4) is 11.3 Å². The molecule has 1 aromatic carbocycles. The van der Waals surface area contributed by atoms with E-state index in [0.29, 0.717) is 13.1 Å². The third-order valence-corrected chi connectivity index (χ3v) is 3.97. The molecule has 5 heteroatoms. The molecule has 2 heterocycles. The Morgan fingerprint density at radius 1 is 1.04 bits per heavy atom. The molecule has 1 fully saturated rings. The summed E-state index contributed by atoms with van der Waals surface area (Å²) >= 11 is 0. The maximum atomic E-state index is 12.1. The molecule has 2 aromatic rings. The highest BCUT2D eigenvalue weighted by Gasteiger charge is 2.25. The lowest BCUT2D eigenvalue weighted by Crippen LogP contribution is -2.50. The normalized spacial score (nSPS) is 15.5. The molecule has 0 atom stereocenters. The van der Waals surface area contributed by atoms with Crippen LogP contribution in [0.2, 0.25) is 0 Å². The standard InChI is InChI=1S/C19H24N2O3/c1-19(2,3)24-18(22)21-12-10-20(11-13-21)16-8-6-15(7-9-16)17-5-4-14-23-17/h4-9,14H,10-13H2,1-3H3. The number of ether oxygens (including phenoxy) is 1. The van der Waals surface area contributed by atoms with Gasteiger partial charge in [-0.3, -0.25) is 0 Å². The van der Waals surface area contributed by atoms with Crippen LogP contribution in [0, 0.1) is 0 Å². The zero-order valence-electron chi connectivity index (χ0n) is 14.5. The average molecular weight is 328 g/mol. The Morgan fingerprint density at radius 3 is 2.25 bits per heavy atom. The van der Waals surface area contributed by atoms with E-state index >= 15 is 0 Å². The first-order valence-electron chi connectivity index (χ1n) is 8.29. The van der Waals surface area contributed by atoms with Crippen molar-refractivity contribution in [3.63, 3.8) is 0 Å². The monoisotopic (exact) mass is 328 g/mol. The molecule has 5 nitrogen and oxygen atoms in total. The molecule has 0 aliphatic carbocycles. The maximum Gasteiger partial charge on any atom is 0.410 e. The van der Waals surface area contributed by atoms with Crippen molar-refractivity contribution in [2.24, 2.45) is 0 Å². The van der Waals surface area contributed by atoms with Gasteiger partial charge in [0.25, 0.3) is 0 Å². The third-order valence-electron chi connectivity index (χ3n) is 3.97. The molecule has 1 aliphatic rings. The Kier molecular flexibility index (Phi) is 4.51. The molecule has 128 valence electrons. The Bertz CT molecular complexity index is 664. The van der Waals surface area contributed by atoms with Gasteiger partial charge in [0.2, 0.25) is 0 Å². The van der Waals surface area contributed by atoms with Crippen molar-refractivity contribution < 1.29 is 13.9 Å². The van der Waals surface area contributed by atoms with Crippen LogP contribution in [0.5, 0.6) is 0 Å². The first-order valence-corrected chi connectivity index (χ1v) is 8.29. The van der Waals surface area contributed by atoms with Gasteiger partial charge in [-0.25, -0.2) is 4.79 Å². The summed E-state index contributed by atoms with van der Waals surface area (Å²) < 4.78 is 10.8. The minimum atomic E-state index is -0.449. The van der Waals surface area contributed by atoms with Gasteiger partial charge in [-0.05, 0) is 57.2 Å². The summed E-state index contributed by atoms with van der Waals surface area (Å²) in [5.41, 5.74) is 1.78. The summed E-state index contributed by atoms with van der Waals surface area (Å²) in [6, 6.07) is 12.2. The Morgan fingerprint density at radius 2 is 1.71 bits per heavy atom. The van der Waals surface area contributed by atoms with E-state index in [1.54, 1.807) is 11.2 Å². The predicted octanol–water partition coefficient (Wildman–Crippen LogP) is 4.00. The van der Waals surface area contributed by atoms with Gasteiger partial charge >= 0.3 is 6.09 Å². The lowest BCUT2D eigenvalue weighted by atomic mass is 10.1. The number of nitrogens with zero attached hydrogens (tertiary/aromatic N) is 2. The summed E-state index contributed by atoms with van der Waals surface area (Å²) in [4.78, 5) is 16.2. The van der Waals surface area contributed by atoms with Crippen molar-refractivity contribution in [3.05, 3.63) is 42.7 Å². The summed E-state index contributed by atoms with van der Waals surface area (Å²) in [6.07, 6.45) is 1.45. The topological polar surface area (TPSA) is 45.9 Å². The molecule has 1 saturated heterocycles. The zero-order chi connectivity index (χ0) is 17.2. The lowest BCUT2D eigenvalue weighted by molar-refractivity contribution is 0.0240. The second-order valence-electron chi connectivity index (χ2n) is 6.98. The second kappa shape index (κ2) is 6.59. The van der Waals surface area contributed by atoms with Gasteiger partial charge in [0, 0.05) is 37.4 Å². The number of rotatable bonds is 2. The van der Waals surface area contributed by atoms with Crippen LogP contribution in [0.4, 0.5) is 10.5 Å². The van der Waals surface area contributed by atoms with Gasteiger partial charge in [-0.15, -0.1) is 0 Å². The molecule has 1 aromatic heterocycles. The van der Waals surface area contributed by atoms with E-state index in [0.717, 1.165) is 30.1 Å². The van der Waals surface area contributed by atoms with Crippen LogP contribution in [0.1, 0.15) is 20.8 Å². The third kappa shape index (κ3) is 3.91. The van der Waals surface area contributed by atoms with E-state index in [9.17, 15) is 4.79 Å². The maximum absolute atomic E-state index is 12.1. The molecule has 0 unspecified atom stereocenters. The Hall–Kier alpha value is -2.43. The highest BCUT2D eigenvalue weighted by Crippen LogP contribution is 2.24. The van der Waals surface area contributed by atoms with Crippen molar-refractivity contribution in [2.45, 2.75) is 26.4 Å². The molecular formula is C19H24N2O3. The number of piperazine rings is 1. The highest BCUT2D eigenvalue weighted by atomic mass is 16.6. The summed E-state index contributed by atoms with van der Waals surface area (Å²) in [5.74, 6) is 0.872. The van der Waals surface area contributed by atoms with E-state index in [4.69, 9.17) is 9.15 Å². The fraction of sp³-hybridized carbons (Fsp3) is 0.421. The summed E-state index contributed by atoms with van der Waals surface area (Å²) in [5, 5.41) is 0. The second-order valence-corrected chi connectivity index (χ2v) is 6.98. The molecule has 0 bridgehead atoms. The van der Waals surface area contributed by atoms with Crippen molar-refractivity contribution in [1.82, 2.24) is 4.90 Å². The van der Waals surface area contributed by atoms with Crippen LogP contribution < -0.4 is 4.90 Å². The minimum absolute atomic E-state index is 0.227. The lowest BCUT2D eigenvalue weighted by Gasteiger charge is -2.36. The van der Waals surface area contributed by atoms with Crippen LogP contribution in [0.25, 0.3) is 11.3 Å². The quantitative estimate of drug-likeness (QED) is 0.836. The fourth-order valence-electron chi connectivity index (χ4n) is 2.75. The van der Waals surface area contributed by atoms with E-state index in [1.165, 1.54) is 0 Å². The number of carbonyl (C=O) groups is 1. The van der Waals surface area contributed by atoms with Gasteiger partial charge in [0.1, 0.15) is 11.4 Å². The number of carbonyl (C=O) groups excluding carboxylic acids is 1. The number of amides is 1. The van der Waals surface area contributed by atoms with Gasteiger partial charge in [0.05, 0.1) is 6.26 Å².